The molecule has 0 spiro atoms. The maximum absolute atomic E-state index is 13.9. The number of alkyl halides is 2. The summed E-state index contributed by atoms with van der Waals surface area (Å²) >= 11 is 0. The molecule has 2 aromatic rings. The number of ether oxygens (including phenoxy) is 1. The maximum atomic E-state index is 13.9. The molecule has 3 atom stereocenters. The molecule has 0 fully saturated rings. The summed E-state index contributed by atoms with van der Waals surface area (Å²) in [5, 5.41) is 21.3. The number of nitrogen functional groups attached to an aromatic ring is 1. The number of halogens is 3. The third-order valence-corrected chi connectivity index (χ3v) is 2.90. The Morgan fingerprint density at radius 1 is 1.36 bits per heavy atom. The minimum Gasteiger partial charge on any atom is -0.394 e. The zero-order chi connectivity index (χ0) is 16.3. The van der Waals surface area contributed by atoms with Crippen LogP contribution in [0, 0.1) is 6.08 Å². The lowest BCUT2D eigenvalue weighted by Gasteiger charge is -2.23. The molecule has 0 aromatic carbocycles. The highest BCUT2D eigenvalue weighted by Gasteiger charge is 2.30. The fourth-order valence-corrected chi connectivity index (χ4v) is 1.86. The van der Waals surface area contributed by atoms with E-state index in [1.54, 1.807) is 0 Å². The molecule has 2 heterocycles. The van der Waals surface area contributed by atoms with Gasteiger partial charge in [0, 0.05) is 0 Å². The molecule has 22 heavy (non-hydrogen) atoms. The Balaban J connectivity index is 2.47. The maximum Gasteiger partial charge on any atom is 0.328 e. The van der Waals surface area contributed by atoms with E-state index in [-0.39, 0.29) is 17.2 Å². The van der Waals surface area contributed by atoms with Crippen LogP contribution in [0.3, 0.4) is 0 Å². The smallest absolute Gasteiger partial charge is 0.328 e. The predicted molar refractivity (Wildman–Crippen MR) is 67.8 cm³/mol. The van der Waals surface area contributed by atoms with E-state index < -0.39 is 44.3 Å². The lowest BCUT2D eigenvalue weighted by atomic mass is 10.1. The van der Waals surface area contributed by atoms with Crippen molar-refractivity contribution in [1.29, 1.82) is 0 Å². The van der Waals surface area contributed by atoms with E-state index in [9.17, 15) is 13.2 Å². The molecule has 0 saturated heterocycles. The van der Waals surface area contributed by atoms with Crippen molar-refractivity contribution < 1.29 is 28.1 Å². The minimum atomic E-state index is -1.97. The normalized spacial score (nSPS) is 15.9. The Bertz CT molecular complexity index is 637. The second-order valence-corrected chi connectivity index (χ2v) is 4.40. The molecule has 2 rings (SSSR count). The van der Waals surface area contributed by atoms with E-state index in [2.05, 4.69) is 15.1 Å². The van der Waals surface area contributed by atoms with Crippen molar-refractivity contribution in [3.63, 3.8) is 0 Å². The van der Waals surface area contributed by atoms with Crippen LogP contribution >= 0.6 is 0 Å². The average molecular weight is 321 g/mol. The number of fused-ring (bicyclic) bond motifs is 1. The van der Waals surface area contributed by atoms with E-state index in [4.69, 9.17) is 20.7 Å². The van der Waals surface area contributed by atoms with Crippen LogP contribution in [0.25, 0.3) is 5.65 Å². The first-order valence-electron chi connectivity index (χ1n) is 6.25. The van der Waals surface area contributed by atoms with Crippen molar-refractivity contribution in [2.45, 2.75) is 18.4 Å². The van der Waals surface area contributed by atoms with Crippen molar-refractivity contribution in [1.82, 2.24) is 19.6 Å². The Morgan fingerprint density at radius 2 is 2.09 bits per heavy atom. The van der Waals surface area contributed by atoms with Crippen LogP contribution in [0.15, 0.2) is 6.20 Å². The van der Waals surface area contributed by atoms with Gasteiger partial charge in [0.2, 0.25) is 0 Å². The minimum absolute atomic E-state index is 0.0454. The summed E-state index contributed by atoms with van der Waals surface area (Å²) in [7, 11) is 0. The Kier molecular flexibility index (Phi) is 5.11. The molecule has 0 aliphatic carbocycles. The summed E-state index contributed by atoms with van der Waals surface area (Å²) in [5.41, 5.74) is 5.33. The molecule has 8 nitrogen and oxygen atoms in total. The van der Waals surface area contributed by atoms with Gasteiger partial charge in [-0.05, 0) is 0 Å². The van der Waals surface area contributed by atoms with Gasteiger partial charge >= 0.3 is 6.08 Å². The lowest BCUT2D eigenvalue weighted by Crippen LogP contribution is -2.30. The predicted octanol–water partition coefficient (Wildman–Crippen LogP) is -0.436. The van der Waals surface area contributed by atoms with Crippen molar-refractivity contribution in [2.75, 3.05) is 25.6 Å². The highest BCUT2D eigenvalue weighted by atomic mass is 19.1. The van der Waals surface area contributed by atoms with E-state index in [0.29, 0.717) is 0 Å². The number of hydrogen-bond acceptors (Lipinski definition) is 7. The molecule has 0 amide bonds. The van der Waals surface area contributed by atoms with Crippen LogP contribution in [-0.4, -0.2) is 62.0 Å². The second kappa shape index (κ2) is 6.85. The number of nitrogens with two attached hydrogens (primary N) is 1. The van der Waals surface area contributed by atoms with Gasteiger partial charge in [-0.1, -0.05) is 0 Å². The van der Waals surface area contributed by atoms with Crippen LogP contribution < -0.4 is 5.73 Å². The van der Waals surface area contributed by atoms with Crippen molar-refractivity contribution in [2.24, 2.45) is 0 Å². The number of anilines is 1. The van der Waals surface area contributed by atoms with Gasteiger partial charge in [-0.25, -0.2) is 18.3 Å². The van der Waals surface area contributed by atoms with Gasteiger partial charge in [0.1, 0.15) is 18.9 Å². The second-order valence-electron chi connectivity index (χ2n) is 4.40. The van der Waals surface area contributed by atoms with Crippen LogP contribution in [0.1, 0.15) is 11.8 Å². The van der Waals surface area contributed by atoms with Crippen molar-refractivity contribution >= 4 is 11.5 Å². The summed E-state index contributed by atoms with van der Waals surface area (Å²) in [6.07, 6.45) is -4.89. The molecule has 3 unspecified atom stereocenters. The summed E-state index contributed by atoms with van der Waals surface area (Å²) < 4.78 is 45.8. The number of rotatable bonds is 7. The number of aliphatic hydroxyl groups excluding tert-OH is 2. The zero-order valence-electron chi connectivity index (χ0n) is 11.2. The standard InChI is InChI=1S/C11H14F3N5O3/c12-1-5(3-20)22-8(6(13)4-21)7-2-16-10-9(15)17-11(14)18-19(7)10/h2,5-6,8,20-21H,1,3-4H2,(H2,15,17,18). The van der Waals surface area contributed by atoms with Gasteiger partial charge in [-0.3, -0.25) is 0 Å². The van der Waals surface area contributed by atoms with Crippen LogP contribution in [0.4, 0.5) is 19.0 Å². The molecule has 11 heteroatoms. The first-order chi connectivity index (χ1) is 10.5. The Labute approximate surface area is 122 Å². The van der Waals surface area contributed by atoms with Crippen molar-refractivity contribution in [3.05, 3.63) is 18.0 Å². The van der Waals surface area contributed by atoms with Gasteiger partial charge in [0.25, 0.3) is 0 Å². The SMILES string of the molecule is Nc1nc(F)nn2c(C(OC(CO)CF)C(F)CO)cnc12. The summed E-state index contributed by atoms with van der Waals surface area (Å²) in [4.78, 5) is 7.08. The van der Waals surface area contributed by atoms with Crippen molar-refractivity contribution in [3.8, 4) is 0 Å². The Morgan fingerprint density at radius 3 is 2.68 bits per heavy atom. The van der Waals surface area contributed by atoms with Crippen LogP contribution in [0.5, 0.6) is 0 Å². The molecular formula is C11H14F3N5O3. The first-order valence-corrected chi connectivity index (χ1v) is 6.25. The molecule has 0 aliphatic rings. The molecule has 0 saturated carbocycles. The largest absolute Gasteiger partial charge is 0.394 e. The summed E-state index contributed by atoms with van der Waals surface area (Å²) in [6, 6.07) is 0. The average Bonchev–Trinajstić information content (AvgIpc) is 2.91. The number of aromatic nitrogens is 4. The quantitative estimate of drug-likeness (QED) is 0.633. The Hall–Kier alpha value is -1.98. The number of imidazole rings is 1. The fraction of sp³-hybridized carbons (Fsp3) is 0.545. The highest BCUT2D eigenvalue weighted by Crippen LogP contribution is 2.26. The number of nitrogens with zero attached hydrogens (tertiary/aromatic N) is 4. The molecule has 122 valence electrons. The lowest BCUT2D eigenvalue weighted by molar-refractivity contribution is -0.0921. The third kappa shape index (κ3) is 3.10. The molecule has 0 aliphatic heterocycles. The molecule has 4 N–H and O–H groups in total. The molecule has 0 bridgehead atoms. The van der Waals surface area contributed by atoms with Gasteiger partial charge in [0.15, 0.2) is 17.6 Å². The van der Waals surface area contributed by atoms with Crippen LogP contribution in [-0.2, 0) is 4.74 Å². The summed E-state index contributed by atoms with van der Waals surface area (Å²) in [5.74, 6) is -0.277. The van der Waals surface area contributed by atoms with Crippen LogP contribution in [0.2, 0.25) is 0 Å². The fourth-order valence-electron chi connectivity index (χ4n) is 1.86. The van der Waals surface area contributed by atoms with E-state index in [1.807, 2.05) is 0 Å². The monoisotopic (exact) mass is 321 g/mol. The highest BCUT2D eigenvalue weighted by molar-refractivity contribution is 5.58. The van der Waals surface area contributed by atoms with E-state index in [1.165, 1.54) is 0 Å². The third-order valence-electron chi connectivity index (χ3n) is 2.90. The first kappa shape index (κ1) is 16.4. The van der Waals surface area contributed by atoms with Gasteiger partial charge in [-0.2, -0.15) is 9.37 Å². The molecule has 2 aromatic heterocycles. The summed E-state index contributed by atoms with van der Waals surface area (Å²) in [6.45, 7) is -2.72. The topological polar surface area (TPSA) is 119 Å². The molecule has 0 radical (unpaired) electrons. The number of aliphatic hydroxyl groups is 2. The molecular weight excluding hydrogens is 307 g/mol. The van der Waals surface area contributed by atoms with Gasteiger partial charge in [-0.15, -0.1) is 5.10 Å². The van der Waals surface area contributed by atoms with Gasteiger partial charge < -0.3 is 20.7 Å². The number of hydrogen-bond donors (Lipinski definition) is 3. The van der Waals surface area contributed by atoms with E-state index in [0.717, 1.165) is 10.7 Å². The van der Waals surface area contributed by atoms with Gasteiger partial charge in [0.05, 0.1) is 25.1 Å². The zero-order valence-corrected chi connectivity index (χ0v) is 11.2. The van der Waals surface area contributed by atoms with E-state index >= 15 is 0 Å².